The molecule has 0 aliphatic carbocycles. The Morgan fingerprint density at radius 1 is 1.00 bits per heavy atom. The lowest BCUT2D eigenvalue weighted by molar-refractivity contribution is 0.414. The number of methoxy groups -OCH3 is 2. The molecule has 6 heteroatoms. The van der Waals surface area contributed by atoms with Gasteiger partial charge in [0.2, 0.25) is 0 Å². The summed E-state index contributed by atoms with van der Waals surface area (Å²) >= 11 is 6.42. The third kappa shape index (κ3) is 3.78. The van der Waals surface area contributed by atoms with Gasteiger partial charge in [-0.3, -0.25) is 0 Å². The Morgan fingerprint density at radius 2 is 1.68 bits per heavy atom. The summed E-state index contributed by atoms with van der Waals surface area (Å²) in [6, 6.07) is 15.5. The maximum absolute atomic E-state index is 6.42. The Hall–Kier alpha value is -2.50. The quantitative estimate of drug-likeness (QED) is 0.732. The second-order valence-corrected chi connectivity index (χ2v) is 5.99. The van der Waals surface area contributed by atoms with Gasteiger partial charge in [-0.05, 0) is 35.9 Å². The van der Waals surface area contributed by atoms with E-state index in [1.54, 1.807) is 20.3 Å². The first-order valence-corrected chi connectivity index (χ1v) is 8.27. The SMILES string of the molecule is COc1ccc(Cc2cc(CN)nn2-c2ccc(OC)cc2Cl)cc1. The highest BCUT2D eigenvalue weighted by Gasteiger charge is 2.13. The van der Waals surface area contributed by atoms with Gasteiger partial charge in [-0.1, -0.05) is 23.7 Å². The smallest absolute Gasteiger partial charge is 0.120 e. The predicted octanol–water partition coefficient (Wildman–Crippen LogP) is 3.59. The van der Waals surface area contributed by atoms with Crippen LogP contribution in [0.3, 0.4) is 0 Å². The van der Waals surface area contributed by atoms with Crippen LogP contribution in [-0.4, -0.2) is 24.0 Å². The van der Waals surface area contributed by atoms with Gasteiger partial charge in [-0.2, -0.15) is 5.10 Å². The maximum Gasteiger partial charge on any atom is 0.120 e. The van der Waals surface area contributed by atoms with Gasteiger partial charge in [0.25, 0.3) is 0 Å². The molecular formula is C19H20ClN3O2. The van der Waals surface area contributed by atoms with Crippen LogP contribution in [0.15, 0.2) is 48.5 Å². The number of hydrogen-bond acceptors (Lipinski definition) is 4. The van der Waals surface area contributed by atoms with Gasteiger partial charge in [-0.15, -0.1) is 0 Å². The maximum atomic E-state index is 6.42. The molecule has 0 aliphatic heterocycles. The molecule has 25 heavy (non-hydrogen) atoms. The first-order valence-electron chi connectivity index (χ1n) is 7.89. The molecular weight excluding hydrogens is 338 g/mol. The van der Waals surface area contributed by atoms with E-state index in [1.807, 2.05) is 47.1 Å². The summed E-state index contributed by atoms with van der Waals surface area (Å²) in [7, 11) is 3.27. The number of nitrogens with two attached hydrogens (primary N) is 1. The standard InChI is InChI=1S/C19H20ClN3O2/c1-24-16-5-3-13(4-6-16)9-15-10-14(12-21)22-23(15)19-8-7-17(25-2)11-18(19)20/h3-8,10-11H,9,12,21H2,1-2H3. The third-order valence-corrected chi connectivity index (χ3v) is 4.27. The molecule has 0 radical (unpaired) electrons. The minimum Gasteiger partial charge on any atom is -0.497 e. The van der Waals surface area contributed by atoms with Crippen molar-refractivity contribution in [2.75, 3.05) is 14.2 Å². The van der Waals surface area contributed by atoms with Crippen molar-refractivity contribution in [1.29, 1.82) is 0 Å². The van der Waals surface area contributed by atoms with Gasteiger partial charge in [0.1, 0.15) is 11.5 Å². The van der Waals surface area contributed by atoms with E-state index < -0.39 is 0 Å². The van der Waals surface area contributed by atoms with Crippen molar-refractivity contribution in [2.45, 2.75) is 13.0 Å². The van der Waals surface area contributed by atoms with Gasteiger partial charge >= 0.3 is 0 Å². The fraction of sp³-hybridized carbons (Fsp3) is 0.211. The lowest BCUT2D eigenvalue weighted by Gasteiger charge is -2.11. The summed E-state index contributed by atoms with van der Waals surface area (Å²) in [4.78, 5) is 0. The van der Waals surface area contributed by atoms with Crippen LogP contribution in [0.4, 0.5) is 0 Å². The summed E-state index contributed by atoms with van der Waals surface area (Å²) < 4.78 is 12.3. The molecule has 2 N–H and O–H groups in total. The van der Waals surface area contributed by atoms with Crippen molar-refractivity contribution < 1.29 is 9.47 Å². The number of nitrogens with zero attached hydrogens (tertiary/aromatic N) is 2. The van der Waals surface area contributed by atoms with Gasteiger partial charge < -0.3 is 15.2 Å². The van der Waals surface area contributed by atoms with E-state index in [0.29, 0.717) is 23.7 Å². The second-order valence-electron chi connectivity index (χ2n) is 5.59. The fourth-order valence-electron chi connectivity index (χ4n) is 2.65. The fourth-order valence-corrected chi connectivity index (χ4v) is 2.90. The van der Waals surface area contributed by atoms with Crippen molar-refractivity contribution in [2.24, 2.45) is 5.73 Å². The minimum absolute atomic E-state index is 0.371. The Balaban J connectivity index is 1.98. The Bertz CT molecular complexity index is 860. The molecule has 1 aromatic heterocycles. The molecule has 0 saturated carbocycles. The molecule has 5 nitrogen and oxygen atoms in total. The highest BCUT2D eigenvalue weighted by Crippen LogP contribution is 2.27. The third-order valence-electron chi connectivity index (χ3n) is 3.97. The van der Waals surface area contributed by atoms with E-state index in [1.165, 1.54) is 0 Å². The number of benzene rings is 2. The van der Waals surface area contributed by atoms with E-state index in [9.17, 15) is 0 Å². The number of hydrogen-bond donors (Lipinski definition) is 1. The Labute approximate surface area is 151 Å². The summed E-state index contributed by atoms with van der Waals surface area (Å²) in [5, 5.41) is 5.16. The first kappa shape index (κ1) is 17.3. The first-order chi connectivity index (χ1) is 12.1. The van der Waals surface area contributed by atoms with Gasteiger partial charge in [0.05, 0.1) is 30.6 Å². The molecule has 130 valence electrons. The number of aromatic nitrogens is 2. The average Bonchev–Trinajstić information content (AvgIpc) is 3.05. The molecule has 0 fully saturated rings. The van der Waals surface area contributed by atoms with Gasteiger partial charge in [-0.25, -0.2) is 4.68 Å². The van der Waals surface area contributed by atoms with E-state index in [2.05, 4.69) is 5.10 Å². The number of halogens is 1. The lowest BCUT2D eigenvalue weighted by atomic mass is 10.1. The lowest BCUT2D eigenvalue weighted by Crippen LogP contribution is -2.05. The van der Waals surface area contributed by atoms with Crippen molar-refractivity contribution >= 4 is 11.6 Å². The van der Waals surface area contributed by atoms with E-state index in [-0.39, 0.29) is 0 Å². The van der Waals surface area contributed by atoms with Crippen molar-refractivity contribution in [1.82, 2.24) is 9.78 Å². The van der Waals surface area contributed by atoms with Crippen molar-refractivity contribution in [3.63, 3.8) is 0 Å². The van der Waals surface area contributed by atoms with E-state index in [4.69, 9.17) is 26.8 Å². The topological polar surface area (TPSA) is 62.3 Å². The highest BCUT2D eigenvalue weighted by molar-refractivity contribution is 6.32. The Kier molecular flexibility index (Phi) is 5.26. The largest absolute Gasteiger partial charge is 0.497 e. The van der Waals surface area contributed by atoms with E-state index >= 15 is 0 Å². The van der Waals surface area contributed by atoms with Crippen LogP contribution >= 0.6 is 11.6 Å². The van der Waals surface area contributed by atoms with Crippen LogP contribution in [0.1, 0.15) is 17.0 Å². The summed E-state index contributed by atoms with van der Waals surface area (Å²) in [5.74, 6) is 1.54. The Morgan fingerprint density at radius 3 is 2.28 bits per heavy atom. The monoisotopic (exact) mass is 357 g/mol. The molecule has 0 aliphatic rings. The average molecular weight is 358 g/mol. The zero-order chi connectivity index (χ0) is 17.8. The highest BCUT2D eigenvalue weighted by atomic mass is 35.5. The molecule has 0 bridgehead atoms. The van der Waals surface area contributed by atoms with Crippen LogP contribution in [0.5, 0.6) is 11.5 Å². The van der Waals surface area contributed by atoms with Crippen molar-refractivity contribution in [3.8, 4) is 17.2 Å². The summed E-state index contributed by atoms with van der Waals surface area (Å²) in [6.45, 7) is 0.371. The van der Waals surface area contributed by atoms with E-state index in [0.717, 1.165) is 28.4 Å². The van der Waals surface area contributed by atoms with Crippen molar-refractivity contribution in [3.05, 3.63) is 70.5 Å². The van der Waals surface area contributed by atoms with Crippen LogP contribution in [-0.2, 0) is 13.0 Å². The van der Waals surface area contributed by atoms with Crippen LogP contribution in [0, 0.1) is 0 Å². The normalized spacial score (nSPS) is 10.7. The predicted molar refractivity (Wildman–Crippen MR) is 98.8 cm³/mol. The van der Waals surface area contributed by atoms with Crippen LogP contribution in [0.2, 0.25) is 5.02 Å². The molecule has 0 spiro atoms. The molecule has 3 aromatic rings. The van der Waals surface area contributed by atoms with Crippen LogP contribution in [0.25, 0.3) is 5.69 Å². The number of rotatable bonds is 6. The minimum atomic E-state index is 0.371. The molecule has 0 amide bonds. The van der Waals surface area contributed by atoms with Gasteiger partial charge in [0.15, 0.2) is 0 Å². The summed E-state index contributed by atoms with van der Waals surface area (Å²) in [6.07, 6.45) is 0.708. The summed E-state index contributed by atoms with van der Waals surface area (Å²) in [5.41, 5.74) is 9.55. The van der Waals surface area contributed by atoms with Crippen LogP contribution < -0.4 is 15.2 Å². The zero-order valence-corrected chi connectivity index (χ0v) is 15.0. The molecule has 2 aromatic carbocycles. The number of ether oxygens (including phenoxy) is 2. The van der Waals surface area contributed by atoms with Gasteiger partial charge in [0, 0.05) is 24.7 Å². The molecule has 3 rings (SSSR count). The second kappa shape index (κ2) is 7.59. The molecule has 0 saturated heterocycles. The molecule has 1 heterocycles. The molecule has 0 atom stereocenters. The molecule has 0 unspecified atom stereocenters. The zero-order valence-electron chi connectivity index (χ0n) is 14.2.